The topological polar surface area (TPSA) is 113 Å². The molecule has 0 fully saturated rings. The van der Waals surface area contributed by atoms with Crippen LogP contribution in [0.15, 0.2) is 65.1 Å². The highest BCUT2D eigenvalue weighted by Gasteiger charge is 2.23. The minimum atomic E-state index is -3.87. The number of nitrogens with one attached hydrogen (secondary N) is 2. The average Bonchev–Trinajstić information content (AvgIpc) is 3.39. The van der Waals surface area contributed by atoms with Gasteiger partial charge in [-0.15, -0.1) is 0 Å². The fourth-order valence-electron chi connectivity index (χ4n) is 4.12. The van der Waals surface area contributed by atoms with Gasteiger partial charge < -0.3 is 24.6 Å². The molecule has 9 nitrogen and oxygen atoms in total. The Balaban J connectivity index is 1.20. The van der Waals surface area contributed by atoms with Gasteiger partial charge in [0.1, 0.15) is 17.9 Å². The molecule has 36 heavy (non-hydrogen) atoms. The number of aliphatic hydroxyl groups excluding tert-OH is 1. The Bertz CT molecular complexity index is 1720. The van der Waals surface area contributed by atoms with E-state index in [9.17, 15) is 13.5 Å². The first-order valence-corrected chi connectivity index (χ1v) is 13.2. The molecule has 0 aliphatic carbocycles. The molecule has 2 aromatic heterocycles. The lowest BCUT2D eigenvalue weighted by Gasteiger charge is -2.14. The molecule has 0 spiro atoms. The zero-order chi connectivity index (χ0) is 25.4. The van der Waals surface area contributed by atoms with Crippen LogP contribution in [0.25, 0.3) is 32.9 Å². The van der Waals surface area contributed by atoms with Gasteiger partial charge in [-0.25, -0.2) is 0 Å². The molecule has 188 valence electrons. The highest BCUT2D eigenvalue weighted by molar-refractivity contribution is 7.88. The van der Waals surface area contributed by atoms with Crippen LogP contribution >= 0.6 is 12.2 Å². The van der Waals surface area contributed by atoms with Crippen molar-refractivity contribution in [3.63, 3.8) is 0 Å². The summed E-state index contributed by atoms with van der Waals surface area (Å²) in [5, 5.41) is 16.2. The quantitative estimate of drug-likeness (QED) is 0.197. The minimum absolute atomic E-state index is 0.175. The van der Waals surface area contributed by atoms with Crippen molar-refractivity contribution in [2.45, 2.75) is 6.10 Å². The van der Waals surface area contributed by atoms with Gasteiger partial charge in [0.05, 0.1) is 11.6 Å². The van der Waals surface area contributed by atoms with Crippen LogP contribution in [0.3, 0.4) is 0 Å². The summed E-state index contributed by atoms with van der Waals surface area (Å²) in [5.74, 6) is 0.758. The van der Waals surface area contributed by atoms with Crippen LogP contribution in [0.5, 0.6) is 5.75 Å². The van der Waals surface area contributed by atoms with Crippen LogP contribution < -0.4 is 10.1 Å². The molecule has 2 heterocycles. The molecule has 0 unspecified atom stereocenters. The zero-order valence-electron chi connectivity index (χ0n) is 19.8. The molecular weight excluding hydrogens is 500 g/mol. The predicted molar refractivity (Wildman–Crippen MR) is 142 cm³/mol. The van der Waals surface area contributed by atoms with Crippen LogP contribution in [0.4, 0.5) is 0 Å². The molecule has 0 radical (unpaired) electrons. The Morgan fingerprint density at radius 2 is 1.89 bits per heavy atom. The van der Waals surface area contributed by atoms with E-state index in [0.717, 1.165) is 30.4 Å². The fraction of sp³-hybridized carbons (Fsp3) is 0.240. The SMILES string of the molecule is CN(C)S(=O)(=O)n1c(=S)oc2ccc([C@@H](O)CNCCOc3ccc4c(c3)[nH]c3ccccc34)cc21. The van der Waals surface area contributed by atoms with Gasteiger partial charge in [-0.1, -0.05) is 24.3 Å². The summed E-state index contributed by atoms with van der Waals surface area (Å²) in [7, 11) is -1.04. The first kappa shape index (κ1) is 24.5. The van der Waals surface area contributed by atoms with Crippen molar-refractivity contribution in [1.82, 2.24) is 18.6 Å². The van der Waals surface area contributed by atoms with Crippen molar-refractivity contribution in [3.8, 4) is 5.75 Å². The molecule has 1 atom stereocenters. The number of para-hydroxylation sites is 1. The number of ether oxygens (including phenoxy) is 1. The Labute approximate surface area is 213 Å². The number of oxazole rings is 1. The van der Waals surface area contributed by atoms with E-state index in [4.69, 9.17) is 21.4 Å². The van der Waals surface area contributed by atoms with Crippen molar-refractivity contribution in [2.75, 3.05) is 33.8 Å². The lowest BCUT2D eigenvalue weighted by Crippen LogP contribution is -2.29. The number of nitrogens with zero attached hydrogens (tertiary/aromatic N) is 2. The summed E-state index contributed by atoms with van der Waals surface area (Å²) < 4.78 is 38.6. The summed E-state index contributed by atoms with van der Waals surface area (Å²) in [6, 6.07) is 19.0. The molecule has 3 aromatic carbocycles. The number of rotatable bonds is 9. The number of hydrogen-bond donors (Lipinski definition) is 3. The van der Waals surface area contributed by atoms with E-state index in [1.54, 1.807) is 18.2 Å². The van der Waals surface area contributed by atoms with E-state index in [0.29, 0.717) is 24.3 Å². The fourth-order valence-corrected chi connectivity index (χ4v) is 5.54. The van der Waals surface area contributed by atoms with E-state index < -0.39 is 16.3 Å². The van der Waals surface area contributed by atoms with Gasteiger partial charge in [0.25, 0.3) is 4.84 Å². The van der Waals surface area contributed by atoms with Gasteiger partial charge >= 0.3 is 10.2 Å². The van der Waals surface area contributed by atoms with Gasteiger partial charge in [-0.2, -0.15) is 16.7 Å². The number of hydrogen-bond acceptors (Lipinski definition) is 7. The first-order valence-electron chi connectivity index (χ1n) is 11.4. The number of benzene rings is 3. The Kier molecular flexibility index (Phi) is 6.58. The van der Waals surface area contributed by atoms with Crippen molar-refractivity contribution >= 4 is 55.3 Å². The third-order valence-electron chi connectivity index (χ3n) is 6.00. The van der Waals surface area contributed by atoms with Crippen LogP contribution in [-0.2, 0) is 10.2 Å². The molecule has 5 aromatic rings. The molecule has 0 aliphatic rings. The highest BCUT2D eigenvalue weighted by atomic mass is 32.2. The van der Waals surface area contributed by atoms with E-state index in [1.807, 2.05) is 36.4 Å². The Morgan fingerprint density at radius 1 is 1.11 bits per heavy atom. The number of fused-ring (bicyclic) bond motifs is 4. The standard InChI is InChI=1S/C25H26N4O5S2/c1-28(2)36(31,32)29-22-13-16(7-10-24(22)34-25(29)35)23(30)15-26-11-12-33-17-8-9-19-18-5-3-4-6-20(18)27-21(19)14-17/h3-10,13-14,23,26-27,30H,11-12,15H2,1-2H3/t23-/m0/s1. The molecule has 0 saturated heterocycles. The molecule has 0 amide bonds. The van der Waals surface area contributed by atoms with E-state index in [-0.39, 0.29) is 16.9 Å². The predicted octanol–water partition coefficient (Wildman–Crippen LogP) is 3.95. The lowest BCUT2D eigenvalue weighted by atomic mass is 10.1. The normalized spacial score (nSPS) is 13.2. The van der Waals surface area contributed by atoms with Crippen LogP contribution in [0.1, 0.15) is 11.7 Å². The molecule has 3 N–H and O–H groups in total. The summed E-state index contributed by atoms with van der Waals surface area (Å²) in [4.78, 5) is 3.23. The Hall–Kier alpha value is -3.22. The molecule has 0 saturated carbocycles. The minimum Gasteiger partial charge on any atom is -0.492 e. The summed E-state index contributed by atoms with van der Waals surface area (Å²) >= 11 is 5.11. The molecule has 5 rings (SSSR count). The van der Waals surface area contributed by atoms with E-state index in [1.165, 1.54) is 19.5 Å². The summed E-state index contributed by atoms with van der Waals surface area (Å²) in [6.07, 6.45) is -0.865. The molecular formula is C25H26N4O5S2. The third-order valence-corrected chi connectivity index (χ3v) is 8.13. The van der Waals surface area contributed by atoms with Crippen LogP contribution in [0, 0.1) is 4.84 Å². The average molecular weight is 527 g/mol. The van der Waals surface area contributed by atoms with Crippen molar-refractivity contribution < 1.29 is 22.7 Å². The number of aliphatic hydroxyl groups is 1. The Morgan fingerprint density at radius 3 is 2.69 bits per heavy atom. The second kappa shape index (κ2) is 9.68. The maximum absolute atomic E-state index is 12.7. The van der Waals surface area contributed by atoms with Crippen molar-refractivity contribution in [2.24, 2.45) is 0 Å². The van der Waals surface area contributed by atoms with Gasteiger partial charge in [-0.05, 0) is 48.1 Å². The number of aromatic amines is 1. The van der Waals surface area contributed by atoms with Gasteiger partial charge in [-0.3, -0.25) is 0 Å². The summed E-state index contributed by atoms with van der Waals surface area (Å²) in [6.45, 7) is 1.19. The number of H-pyrrole nitrogens is 1. The summed E-state index contributed by atoms with van der Waals surface area (Å²) in [5.41, 5.74) is 3.25. The number of aromatic nitrogens is 2. The monoisotopic (exact) mass is 526 g/mol. The van der Waals surface area contributed by atoms with Crippen LogP contribution in [0.2, 0.25) is 0 Å². The largest absolute Gasteiger partial charge is 0.492 e. The maximum Gasteiger partial charge on any atom is 0.311 e. The van der Waals surface area contributed by atoms with E-state index in [2.05, 4.69) is 16.4 Å². The lowest BCUT2D eigenvalue weighted by molar-refractivity contribution is 0.172. The van der Waals surface area contributed by atoms with E-state index >= 15 is 0 Å². The molecule has 0 aliphatic heterocycles. The maximum atomic E-state index is 12.7. The second-order valence-corrected chi connectivity index (χ2v) is 10.9. The van der Waals surface area contributed by atoms with Crippen LogP contribution in [-0.4, -0.2) is 60.6 Å². The second-order valence-electron chi connectivity index (χ2n) is 8.60. The van der Waals surface area contributed by atoms with Crippen molar-refractivity contribution in [3.05, 3.63) is 71.1 Å². The first-order chi connectivity index (χ1) is 17.3. The van der Waals surface area contributed by atoms with Crippen molar-refractivity contribution in [1.29, 1.82) is 0 Å². The van der Waals surface area contributed by atoms with Gasteiger partial charge in [0, 0.05) is 49.5 Å². The zero-order valence-corrected chi connectivity index (χ0v) is 21.4. The highest BCUT2D eigenvalue weighted by Crippen LogP contribution is 2.28. The molecule has 0 bridgehead atoms. The molecule has 11 heteroatoms. The third kappa shape index (κ3) is 4.51. The van der Waals surface area contributed by atoms with Gasteiger partial charge in [0.15, 0.2) is 5.58 Å². The van der Waals surface area contributed by atoms with Gasteiger partial charge in [0.2, 0.25) is 0 Å². The smallest absolute Gasteiger partial charge is 0.311 e.